The zero-order valence-corrected chi connectivity index (χ0v) is 10.6. The Morgan fingerprint density at radius 1 is 1.31 bits per heavy atom. The Hall–Kier alpha value is -0.570. The summed E-state index contributed by atoms with van der Waals surface area (Å²) in [5.41, 5.74) is 2.47. The minimum atomic E-state index is 0.900. The van der Waals surface area contributed by atoms with Crippen LogP contribution in [-0.2, 0) is 6.54 Å². The molecule has 1 N–H and O–H groups in total. The summed E-state index contributed by atoms with van der Waals surface area (Å²) in [5, 5.41) is 4.31. The van der Waals surface area contributed by atoms with Gasteiger partial charge in [-0.25, -0.2) is 0 Å². The number of nitrogens with zero attached hydrogens (tertiary/aromatic N) is 1. The van der Waals surface area contributed by atoms with Crippen molar-refractivity contribution in [1.29, 1.82) is 0 Å². The number of rotatable bonds is 2. The van der Waals surface area contributed by atoms with Crippen LogP contribution >= 0.6 is 11.6 Å². The molecular weight excluding hydrogens is 220 g/mol. The third-order valence-electron chi connectivity index (χ3n) is 3.04. The molecule has 2 rings (SSSR count). The smallest absolute Gasteiger partial charge is 0.0453 e. The van der Waals surface area contributed by atoms with Crippen LogP contribution in [0.15, 0.2) is 18.2 Å². The van der Waals surface area contributed by atoms with Gasteiger partial charge >= 0.3 is 0 Å². The average Bonchev–Trinajstić information content (AvgIpc) is 2.51. The molecule has 1 aliphatic heterocycles. The molecule has 0 bridgehead atoms. The second-order valence-corrected chi connectivity index (χ2v) is 4.88. The third-order valence-corrected chi connectivity index (χ3v) is 3.39. The Kier molecular flexibility index (Phi) is 4.22. The monoisotopic (exact) mass is 238 g/mol. The number of hydrogen-bond donors (Lipinski definition) is 1. The maximum Gasteiger partial charge on any atom is 0.0453 e. The molecule has 2 nitrogen and oxygen atoms in total. The number of benzene rings is 1. The molecule has 0 spiro atoms. The summed E-state index contributed by atoms with van der Waals surface area (Å²) >= 11 is 6.25. The maximum absolute atomic E-state index is 6.25. The highest BCUT2D eigenvalue weighted by atomic mass is 35.5. The fourth-order valence-electron chi connectivity index (χ4n) is 2.08. The van der Waals surface area contributed by atoms with Crippen molar-refractivity contribution in [2.75, 3.05) is 26.2 Å². The second kappa shape index (κ2) is 5.67. The molecule has 1 aromatic carbocycles. The first-order valence-electron chi connectivity index (χ1n) is 5.94. The predicted octanol–water partition coefficient (Wildman–Crippen LogP) is 2.44. The predicted molar refractivity (Wildman–Crippen MR) is 69.0 cm³/mol. The van der Waals surface area contributed by atoms with Crippen LogP contribution in [0.5, 0.6) is 0 Å². The summed E-state index contributed by atoms with van der Waals surface area (Å²) in [6.07, 6.45) is 1.23. The molecule has 88 valence electrons. The molecule has 16 heavy (non-hydrogen) atoms. The van der Waals surface area contributed by atoms with E-state index in [1.165, 1.54) is 17.5 Å². The molecule has 1 heterocycles. The summed E-state index contributed by atoms with van der Waals surface area (Å²) in [6.45, 7) is 7.55. The van der Waals surface area contributed by atoms with Gasteiger partial charge in [0.2, 0.25) is 0 Å². The first-order valence-corrected chi connectivity index (χ1v) is 6.31. The Labute approximate surface area is 103 Å². The molecule has 0 aliphatic carbocycles. The van der Waals surface area contributed by atoms with Gasteiger partial charge in [0, 0.05) is 24.7 Å². The molecule has 0 saturated carbocycles. The minimum absolute atomic E-state index is 0.900. The largest absolute Gasteiger partial charge is 0.315 e. The first kappa shape index (κ1) is 11.9. The van der Waals surface area contributed by atoms with E-state index < -0.39 is 0 Å². The van der Waals surface area contributed by atoms with Crippen LogP contribution in [-0.4, -0.2) is 31.1 Å². The zero-order chi connectivity index (χ0) is 11.4. The zero-order valence-electron chi connectivity index (χ0n) is 9.80. The molecule has 1 aromatic rings. The van der Waals surface area contributed by atoms with Crippen molar-refractivity contribution in [3.8, 4) is 0 Å². The van der Waals surface area contributed by atoms with Crippen LogP contribution < -0.4 is 5.32 Å². The number of aryl methyl sites for hydroxylation is 1. The van der Waals surface area contributed by atoms with Crippen molar-refractivity contribution in [2.24, 2.45) is 0 Å². The van der Waals surface area contributed by atoms with E-state index in [4.69, 9.17) is 11.6 Å². The van der Waals surface area contributed by atoms with Gasteiger partial charge in [0.1, 0.15) is 0 Å². The van der Waals surface area contributed by atoms with Gasteiger partial charge in [-0.1, -0.05) is 23.7 Å². The van der Waals surface area contributed by atoms with E-state index in [1.54, 1.807) is 0 Å². The standard InChI is InChI=1S/C13H19ClN2/c1-11-3-4-12(13(14)9-11)10-16-7-2-5-15-6-8-16/h3-4,9,15H,2,5-8,10H2,1H3. The molecule has 1 aliphatic rings. The second-order valence-electron chi connectivity index (χ2n) is 4.47. The molecule has 1 saturated heterocycles. The van der Waals surface area contributed by atoms with E-state index in [0.29, 0.717) is 0 Å². The highest BCUT2D eigenvalue weighted by Crippen LogP contribution is 2.19. The Bertz CT molecular complexity index is 344. The van der Waals surface area contributed by atoms with Gasteiger partial charge in [-0.15, -0.1) is 0 Å². The molecule has 0 aromatic heterocycles. The summed E-state index contributed by atoms with van der Waals surface area (Å²) < 4.78 is 0. The third kappa shape index (κ3) is 3.21. The normalized spacial score (nSPS) is 18.4. The lowest BCUT2D eigenvalue weighted by Crippen LogP contribution is -2.27. The van der Waals surface area contributed by atoms with E-state index in [-0.39, 0.29) is 0 Å². The maximum atomic E-state index is 6.25. The molecule has 0 amide bonds. The van der Waals surface area contributed by atoms with Crippen molar-refractivity contribution in [1.82, 2.24) is 10.2 Å². The lowest BCUT2D eigenvalue weighted by Gasteiger charge is -2.20. The summed E-state index contributed by atoms with van der Waals surface area (Å²) in [4.78, 5) is 2.47. The molecule has 1 fully saturated rings. The highest BCUT2D eigenvalue weighted by Gasteiger charge is 2.10. The van der Waals surface area contributed by atoms with Crippen LogP contribution in [0.4, 0.5) is 0 Å². The van der Waals surface area contributed by atoms with Crippen LogP contribution in [0.25, 0.3) is 0 Å². The van der Waals surface area contributed by atoms with Gasteiger partial charge in [0.15, 0.2) is 0 Å². The van der Waals surface area contributed by atoms with Gasteiger partial charge in [-0.3, -0.25) is 4.90 Å². The first-order chi connectivity index (χ1) is 7.75. The number of hydrogen-bond acceptors (Lipinski definition) is 2. The van der Waals surface area contributed by atoms with E-state index in [1.807, 2.05) is 6.07 Å². The van der Waals surface area contributed by atoms with Gasteiger partial charge in [0.25, 0.3) is 0 Å². The van der Waals surface area contributed by atoms with Gasteiger partial charge in [0.05, 0.1) is 0 Å². The molecule has 0 unspecified atom stereocenters. The Morgan fingerprint density at radius 3 is 3.00 bits per heavy atom. The minimum Gasteiger partial charge on any atom is -0.315 e. The van der Waals surface area contributed by atoms with Crippen molar-refractivity contribution >= 4 is 11.6 Å². The summed E-state index contributed by atoms with van der Waals surface area (Å²) in [7, 11) is 0. The fourth-order valence-corrected chi connectivity index (χ4v) is 2.38. The quantitative estimate of drug-likeness (QED) is 0.852. The van der Waals surface area contributed by atoms with Crippen LogP contribution in [0.1, 0.15) is 17.5 Å². The summed E-state index contributed by atoms with van der Waals surface area (Å²) in [5.74, 6) is 0. The van der Waals surface area contributed by atoms with E-state index in [0.717, 1.165) is 37.7 Å². The molecular formula is C13H19ClN2. The lowest BCUT2D eigenvalue weighted by molar-refractivity contribution is 0.284. The fraction of sp³-hybridized carbons (Fsp3) is 0.538. The molecule has 3 heteroatoms. The SMILES string of the molecule is Cc1ccc(CN2CCCNCC2)c(Cl)c1. The molecule has 0 radical (unpaired) electrons. The lowest BCUT2D eigenvalue weighted by atomic mass is 10.1. The van der Waals surface area contributed by atoms with E-state index in [9.17, 15) is 0 Å². The van der Waals surface area contributed by atoms with Crippen molar-refractivity contribution < 1.29 is 0 Å². The Balaban J connectivity index is 2.01. The average molecular weight is 239 g/mol. The van der Waals surface area contributed by atoms with Gasteiger partial charge in [-0.05, 0) is 43.6 Å². The van der Waals surface area contributed by atoms with Gasteiger partial charge < -0.3 is 5.32 Å². The highest BCUT2D eigenvalue weighted by molar-refractivity contribution is 6.31. The van der Waals surface area contributed by atoms with Crippen molar-refractivity contribution in [2.45, 2.75) is 19.9 Å². The van der Waals surface area contributed by atoms with E-state index >= 15 is 0 Å². The number of nitrogens with one attached hydrogen (secondary N) is 1. The molecule has 0 atom stereocenters. The van der Waals surface area contributed by atoms with Crippen LogP contribution in [0, 0.1) is 6.92 Å². The summed E-state index contributed by atoms with van der Waals surface area (Å²) in [6, 6.07) is 6.33. The van der Waals surface area contributed by atoms with Crippen LogP contribution in [0.3, 0.4) is 0 Å². The van der Waals surface area contributed by atoms with Gasteiger partial charge in [-0.2, -0.15) is 0 Å². The van der Waals surface area contributed by atoms with Crippen molar-refractivity contribution in [3.05, 3.63) is 34.3 Å². The van der Waals surface area contributed by atoms with Crippen molar-refractivity contribution in [3.63, 3.8) is 0 Å². The number of halogens is 1. The Morgan fingerprint density at radius 2 is 2.19 bits per heavy atom. The topological polar surface area (TPSA) is 15.3 Å². The van der Waals surface area contributed by atoms with E-state index in [2.05, 4.69) is 29.3 Å². The van der Waals surface area contributed by atoms with Crippen LogP contribution in [0.2, 0.25) is 5.02 Å².